The van der Waals surface area contributed by atoms with E-state index in [-0.39, 0.29) is 18.3 Å². The molecule has 1 unspecified atom stereocenters. The standard InChI is InChI=1S/C15H23N3O.ClH/c1-11-4-5-14(12(2)8-11)17-15(19)10-18-7-6-16-13(3)9-18;/h4-5,8,13,16H,6-7,9-10H2,1-3H3,(H,17,19);1H. The molecule has 0 radical (unpaired) electrons. The molecule has 1 fully saturated rings. The molecule has 1 atom stereocenters. The highest BCUT2D eigenvalue weighted by molar-refractivity contribution is 5.93. The lowest BCUT2D eigenvalue weighted by Crippen LogP contribution is -2.51. The SMILES string of the molecule is Cc1ccc(NC(=O)CN2CCNC(C)C2)c(C)c1.Cl. The van der Waals surface area contributed by atoms with Crippen molar-refractivity contribution in [3.05, 3.63) is 29.3 Å². The minimum Gasteiger partial charge on any atom is -0.325 e. The van der Waals surface area contributed by atoms with E-state index in [1.54, 1.807) is 0 Å². The van der Waals surface area contributed by atoms with Gasteiger partial charge < -0.3 is 10.6 Å². The highest BCUT2D eigenvalue weighted by atomic mass is 35.5. The van der Waals surface area contributed by atoms with Crippen molar-refractivity contribution >= 4 is 24.0 Å². The summed E-state index contributed by atoms with van der Waals surface area (Å²) in [5, 5.41) is 6.38. The number of anilines is 1. The van der Waals surface area contributed by atoms with E-state index >= 15 is 0 Å². The van der Waals surface area contributed by atoms with Crippen molar-refractivity contribution in [2.24, 2.45) is 0 Å². The van der Waals surface area contributed by atoms with Crippen LogP contribution in [0.25, 0.3) is 0 Å². The van der Waals surface area contributed by atoms with E-state index in [2.05, 4.69) is 35.4 Å². The van der Waals surface area contributed by atoms with Gasteiger partial charge in [-0.2, -0.15) is 0 Å². The number of amides is 1. The van der Waals surface area contributed by atoms with Crippen molar-refractivity contribution < 1.29 is 4.79 Å². The second kappa shape index (κ2) is 7.62. The molecule has 112 valence electrons. The van der Waals surface area contributed by atoms with Gasteiger partial charge in [-0.15, -0.1) is 12.4 Å². The minimum atomic E-state index is 0. The first-order valence-corrected chi connectivity index (χ1v) is 6.87. The third kappa shape index (κ3) is 4.78. The van der Waals surface area contributed by atoms with Crippen molar-refractivity contribution in [3.8, 4) is 0 Å². The van der Waals surface area contributed by atoms with Gasteiger partial charge in [-0.25, -0.2) is 0 Å². The van der Waals surface area contributed by atoms with Gasteiger partial charge in [0.2, 0.25) is 5.91 Å². The molecule has 1 amide bonds. The van der Waals surface area contributed by atoms with E-state index in [9.17, 15) is 4.79 Å². The van der Waals surface area contributed by atoms with Gasteiger partial charge >= 0.3 is 0 Å². The molecule has 1 aliphatic heterocycles. The maximum atomic E-state index is 12.1. The predicted molar refractivity (Wildman–Crippen MR) is 85.7 cm³/mol. The Balaban J connectivity index is 0.00000200. The smallest absolute Gasteiger partial charge is 0.238 e. The number of hydrogen-bond donors (Lipinski definition) is 2. The van der Waals surface area contributed by atoms with E-state index in [0.29, 0.717) is 12.6 Å². The normalized spacial score (nSPS) is 19.2. The Morgan fingerprint density at radius 2 is 2.20 bits per heavy atom. The van der Waals surface area contributed by atoms with Gasteiger partial charge in [0.15, 0.2) is 0 Å². The molecule has 0 aliphatic carbocycles. The number of carbonyl (C=O) groups is 1. The van der Waals surface area contributed by atoms with Gasteiger partial charge in [-0.1, -0.05) is 17.7 Å². The number of rotatable bonds is 3. The van der Waals surface area contributed by atoms with Crippen LogP contribution in [-0.4, -0.2) is 43.0 Å². The van der Waals surface area contributed by atoms with Crippen LogP contribution >= 0.6 is 12.4 Å². The highest BCUT2D eigenvalue weighted by Gasteiger charge is 2.18. The molecule has 5 heteroatoms. The molecule has 0 bridgehead atoms. The zero-order valence-electron chi connectivity index (χ0n) is 12.4. The number of halogens is 1. The Morgan fingerprint density at radius 1 is 1.45 bits per heavy atom. The highest BCUT2D eigenvalue weighted by Crippen LogP contribution is 2.15. The maximum absolute atomic E-state index is 12.1. The lowest BCUT2D eigenvalue weighted by Gasteiger charge is -2.31. The van der Waals surface area contributed by atoms with Gasteiger partial charge in [0.1, 0.15) is 0 Å². The molecule has 4 nitrogen and oxygen atoms in total. The zero-order valence-corrected chi connectivity index (χ0v) is 13.2. The molecule has 0 spiro atoms. The summed E-state index contributed by atoms with van der Waals surface area (Å²) in [6.07, 6.45) is 0. The fourth-order valence-electron chi connectivity index (χ4n) is 2.50. The van der Waals surface area contributed by atoms with E-state index in [0.717, 1.165) is 30.9 Å². The van der Waals surface area contributed by atoms with Crippen molar-refractivity contribution in [2.45, 2.75) is 26.8 Å². The summed E-state index contributed by atoms with van der Waals surface area (Å²) in [6, 6.07) is 6.55. The fraction of sp³-hybridized carbons (Fsp3) is 0.533. The number of carbonyl (C=O) groups excluding carboxylic acids is 1. The van der Waals surface area contributed by atoms with E-state index in [4.69, 9.17) is 0 Å². The second-order valence-corrected chi connectivity index (χ2v) is 5.46. The Kier molecular flexibility index (Phi) is 6.46. The second-order valence-electron chi connectivity index (χ2n) is 5.46. The summed E-state index contributed by atoms with van der Waals surface area (Å²) in [7, 11) is 0. The van der Waals surface area contributed by atoms with Crippen LogP contribution in [0.5, 0.6) is 0 Å². The molecule has 1 aromatic rings. The number of nitrogens with one attached hydrogen (secondary N) is 2. The van der Waals surface area contributed by atoms with Crippen molar-refractivity contribution in [2.75, 3.05) is 31.5 Å². The Bertz CT molecular complexity index is 464. The molecule has 1 aliphatic rings. The number of hydrogen-bond acceptors (Lipinski definition) is 3. The number of nitrogens with zero attached hydrogens (tertiary/aromatic N) is 1. The van der Waals surface area contributed by atoms with E-state index < -0.39 is 0 Å². The maximum Gasteiger partial charge on any atom is 0.238 e. The summed E-state index contributed by atoms with van der Waals surface area (Å²) < 4.78 is 0. The molecule has 1 aromatic carbocycles. The molecule has 2 N–H and O–H groups in total. The van der Waals surface area contributed by atoms with Gasteiger partial charge in [-0.05, 0) is 32.4 Å². The summed E-state index contributed by atoms with van der Waals surface area (Å²) in [5.74, 6) is 0.0704. The van der Waals surface area contributed by atoms with Gasteiger partial charge in [0.05, 0.1) is 6.54 Å². The Hall–Kier alpha value is -1.10. The average molecular weight is 298 g/mol. The first-order valence-electron chi connectivity index (χ1n) is 6.87. The molecule has 2 rings (SSSR count). The lowest BCUT2D eigenvalue weighted by molar-refractivity contribution is -0.117. The molecular weight excluding hydrogens is 274 g/mol. The molecule has 1 heterocycles. The van der Waals surface area contributed by atoms with Crippen molar-refractivity contribution in [1.29, 1.82) is 0 Å². The van der Waals surface area contributed by atoms with Gasteiger partial charge in [0.25, 0.3) is 0 Å². The van der Waals surface area contributed by atoms with E-state index in [1.807, 2.05) is 19.1 Å². The lowest BCUT2D eigenvalue weighted by atomic mass is 10.1. The van der Waals surface area contributed by atoms with Crippen LogP contribution in [0.15, 0.2) is 18.2 Å². The van der Waals surface area contributed by atoms with Crippen LogP contribution in [0, 0.1) is 13.8 Å². The first kappa shape index (κ1) is 17.0. The third-order valence-electron chi connectivity index (χ3n) is 3.48. The zero-order chi connectivity index (χ0) is 13.8. The predicted octanol–water partition coefficient (Wildman–Crippen LogP) is 1.96. The van der Waals surface area contributed by atoms with E-state index in [1.165, 1.54) is 5.56 Å². The quantitative estimate of drug-likeness (QED) is 0.896. The van der Waals surface area contributed by atoms with Gasteiger partial charge in [0, 0.05) is 31.4 Å². The van der Waals surface area contributed by atoms with Crippen LogP contribution in [0.4, 0.5) is 5.69 Å². The number of benzene rings is 1. The fourth-order valence-corrected chi connectivity index (χ4v) is 2.50. The summed E-state index contributed by atoms with van der Waals surface area (Å²) in [5.41, 5.74) is 3.24. The van der Waals surface area contributed by atoms with Crippen molar-refractivity contribution in [3.63, 3.8) is 0 Å². The van der Waals surface area contributed by atoms with Crippen LogP contribution in [0.3, 0.4) is 0 Å². The van der Waals surface area contributed by atoms with Gasteiger partial charge in [-0.3, -0.25) is 9.69 Å². The monoisotopic (exact) mass is 297 g/mol. The molecule has 1 saturated heterocycles. The largest absolute Gasteiger partial charge is 0.325 e. The minimum absolute atomic E-state index is 0. The summed E-state index contributed by atoms with van der Waals surface area (Å²) in [6.45, 7) is 9.52. The third-order valence-corrected chi connectivity index (χ3v) is 3.48. The summed E-state index contributed by atoms with van der Waals surface area (Å²) in [4.78, 5) is 14.2. The first-order chi connectivity index (χ1) is 9.04. The van der Waals surface area contributed by atoms with Crippen LogP contribution in [-0.2, 0) is 4.79 Å². The molecular formula is C15H24ClN3O. The average Bonchev–Trinajstić information content (AvgIpc) is 2.33. The summed E-state index contributed by atoms with van der Waals surface area (Å²) >= 11 is 0. The Morgan fingerprint density at radius 3 is 2.85 bits per heavy atom. The topological polar surface area (TPSA) is 44.4 Å². The van der Waals surface area contributed by atoms with Crippen LogP contribution in [0.2, 0.25) is 0 Å². The van der Waals surface area contributed by atoms with Crippen molar-refractivity contribution in [1.82, 2.24) is 10.2 Å². The number of piperazine rings is 1. The van der Waals surface area contributed by atoms with Crippen LogP contribution in [0.1, 0.15) is 18.1 Å². The molecule has 20 heavy (non-hydrogen) atoms. The van der Waals surface area contributed by atoms with Crippen LogP contribution < -0.4 is 10.6 Å². The Labute approximate surface area is 127 Å². The number of aryl methyl sites for hydroxylation is 2. The molecule has 0 saturated carbocycles. The molecule has 0 aromatic heterocycles.